The second-order valence-electron chi connectivity index (χ2n) is 8.70. The zero-order chi connectivity index (χ0) is 22.0. The number of nitrogens with zero attached hydrogens (tertiary/aromatic N) is 1. The van der Waals surface area contributed by atoms with Gasteiger partial charge >= 0.3 is 0 Å². The average Bonchev–Trinajstić information content (AvgIpc) is 2.67. The third-order valence-corrected chi connectivity index (χ3v) is 12.4. The minimum atomic E-state index is -1.75. The maximum Gasteiger partial charge on any atom is 0.146 e. The van der Waals surface area contributed by atoms with Gasteiger partial charge in [0.25, 0.3) is 0 Å². The Morgan fingerprint density at radius 1 is 1.07 bits per heavy atom. The predicted octanol–water partition coefficient (Wildman–Crippen LogP) is 7.45. The number of allylic oxidation sites excluding steroid dienone is 1. The summed E-state index contributed by atoms with van der Waals surface area (Å²) in [5, 5.41) is 0. The number of hydrogen-bond donors (Lipinski definition) is 0. The van der Waals surface area contributed by atoms with Crippen LogP contribution in [0.1, 0.15) is 73.8 Å². The van der Waals surface area contributed by atoms with Crippen LogP contribution in [0, 0.1) is 11.5 Å². The van der Waals surface area contributed by atoms with Gasteiger partial charge in [-0.2, -0.15) is 0 Å². The fraction of sp³-hybridized carbons (Fsp3) is 0.577. The Labute approximate surface area is 180 Å². The van der Waals surface area contributed by atoms with Crippen LogP contribution in [0.2, 0.25) is 16.6 Å². The van der Waals surface area contributed by atoms with Crippen molar-refractivity contribution in [3.8, 4) is 11.5 Å². The van der Waals surface area contributed by atoms with Gasteiger partial charge in [0.1, 0.15) is 8.07 Å². The number of hydrogen-bond acceptors (Lipinski definition) is 2. The summed E-state index contributed by atoms with van der Waals surface area (Å²) in [6.45, 7) is 19.3. The minimum Gasteiger partial charge on any atom is -0.380 e. The molecule has 0 spiro atoms. The van der Waals surface area contributed by atoms with Crippen molar-refractivity contribution >= 4 is 14.1 Å². The van der Waals surface area contributed by atoms with Crippen molar-refractivity contribution < 1.29 is 4.74 Å². The molecule has 0 amide bonds. The molecule has 29 heavy (non-hydrogen) atoms. The first kappa shape index (κ1) is 25.4. The third kappa shape index (κ3) is 6.42. The zero-order valence-corrected chi connectivity index (χ0v) is 21.1. The van der Waals surface area contributed by atoms with Crippen molar-refractivity contribution in [2.45, 2.75) is 84.9 Å². The average molecular weight is 412 g/mol. The first-order valence-electron chi connectivity index (χ1n) is 11.1. The van der Waals surface area contributed by atoms with E-state index >= 15 is 0 Å². The summed E-state index contributed by atoms with van der Waals surface area (Å²) < 4.78 is 5.55. The molecule has 2 nitrogen and oxygen atoms in total. The molecule has 1 rings (SSSR count). The Kier molecular flexibility index (Phi) is 10.6. The lowest BCUT2D eigenvalue weighted by Gasteiger charge is -2.38. The highest BCUT2D eigenvalue weighted by molar-refractivity contribution is 6.90. The van der Waals surface area contributed by atoms with Crippen LogP contribution in [0.25, 0.3) is 6.08 Å². The number of methoxy groups -OCH3 is 1. The maximum atomic E-state index is 5.55. The van der Waals surface area contributed by atoms with Crippen molar-refractivity contribution in [2.24, 2.45) is 0 Å². The van der Waals surface area contributed by atoms with E-state index in [9.17, 15) is 0 Å². The highest BCUT2D eigenvalue weighted by Crippen LogP contribution is 2.41. The second-order valence-corrected chi connectivity index (χ2v) is 14.3. The molecule has 3 heteroatoms. The smallest absolute Gasteiger partial charge is 0.146 e. The SMILES string of the molecule is CC/C(C#C[Si](C(C)C)(C(C)C)C(C)C)=C(CC)/C(=C/c1cccnc1)COC. The van der Waals surface area contributed by atoms with Crippen LogP contribution in [0.15, 0.2) is 41.2 Å². The minimum absolute atomic E-state index is 0.588. The highest BCUT2D eigenvalue weighted by Gasteiger charge is 2.41. The van der Waals surface area contributed by atoms with Gasteiger partial charge in [0.05, 0.1) is 6.61 Å². The van der Waals surface area contributed by atoms with Gasteiger partial charge in [-0.1, -0.05) is 67.4 Å². The number of rotatable bonds is 9. The summed E-state index contributed by atoms with van der Waals surface area (Å²) in [7, 11) is 0.0112. The lowest BCUT2D eigenvalue weighted by molar-refractivity contribution is 0.227. The van der Waals surface area contributed by atoms with Crippen LogP contribution >= 0.6 is 0 Å². The van der Waals surface area contributed by atoms with Crippen LogP contribution in [-0.2, 0) is 4.74 Å². The van der Waals surface area contributed by atoms with E-state index in [0.29, 0.717) is 23.2 Å². The van der Waals surface area contributed by atoms with Crippen LogP contribution in [0.4, 0.5) is 0 Å². The Morgan fingerprint density at radius 3 is 2.10 bits per heavy atom. The second kappa shape index (κ2) is 12.2. The lowest BCUT2D eigenvalue weighted by Crippen LogP contribution is -2.43. The van der Waals surface area contributed by atoms with E-state index < -0.39 is 8.07 Å². The van der Waals surface area contributed by atoms with Crippen molar-refractivity contribution in [2.75, 3.05) is 13.7 Å². The molecule has 0 atom stereocenters. The Bertz CT molecular complexity index is 726. The van der Waals surface area contributed by atoms with E-state index in [1.165, 1.54) is 16.7 Å². The number of pyridine rings is 1. The molecule has 0 saturated heterocycles. The van der Waals surface area contributed by atoms with Crippen molar-refractivity contribution in [3.63, 3.8) is 0 Å². The maximum absolute atomic E-state index is 5.55. The topological polar surface area (TPSA) is 22.1 Å². The van der Waals surface area contributed by atoms with Crippen molar-refractivity contribution in [1.82, 2.24) is 4.98 Å². The van der Waals surface area contributed by atoms with Crippen LogP contribution < -0.4 is 0 Å². The van der Waals surface area contributed by atoms with Gasteiger partial charge in [-0.3, -0.25) is 4.98 Å². The van der Waals surface area contributed by atoms with Gasteiger partial charge < -0.3 is 4.74 Å². The molecule has 0 aromatic carbocycles. The van der Waals surface area contributed by atoms with Gasteiger partial charge in [0.2, 0.25) is 0 Å². The molecule has 0 unspecified atom stereocenters. The van der Waals surface area contributed by atoms with E-state index in [1.54, 1.807) is 13.3 Å². The van der Waals surface area contributed by atoms with E-state index in [0.717, 1.165) is 18.4 Å². The van der Waals surface area contributed by atoms with Gasteiger partial charge in [0, 0.05) is 25.1 Å². The molecule has 0 fully saturated rings. The summed E-state index contributed by atoms with van der Waals surface area (Å²) in [5.74, 6) is 3.71. The number of aromatic nitrogens is 1. The first-order chi connectivity index (χ1) is 13.7. The van der Waals surface area contributed by atoms with Crippen LogP contribution in [0.3, 0.4) is 0 Å². The molecule has 0 N–H and O–H groups in total. The van der Waals surface area contributed by atoms with E-state index in [1.807, 2.05) is 12.3 Å². The molecule has 0 aliphatic carbocycles. The Balaban J connectivity index is 3.59. The van der Waals surface area contributed by atoms with Crippen molar-refractivity contribution in [3.05, 3.63) is 46.8 Å². The van der Waals surface area contributed by atoms with Gasteiger partial charge in [0.15, 0.2) is 0 Å². The Morgan fingerprint density at radius 2 is 1.69 bits per heavy atom. The largest absolute Gasteiger partial charge is 0.380 e. The summed E-state index contributed by atoms with van der Waals surface area (Å²) in [6, 6.07) is 4.06. The van der Waals surface area contributed by atoms with E-state index in [4.69, 9.17) is 4.74 Å². The molecular formula is C26H41NOSi. The highest BCUT2D eigenvalue weighted by atomic mass is 28.3. The molecule has 0 saturated carbocycles. The summed E-state index contributed by atoms with van der Waals surface area (Å²) in [6.07, 6.45) is 7.80. The molecule has 160 valence electrons. The van der Waals surface area contributed by atoms with Gasteiger partial charge in [-0.25, -0.2) is 0 Å². The Hall–Kier alpha value is -1.63. The summed E-state index contributed by atoms with van der Waals surface area (Å²) in [5.41, 5.74) is 10.7. The number of ether oxygens (including phenoxy) is 1. The summed E-state index contributed by atoms with van der Waals surface area (Å²) in [4.78, 5) is 4.25. The molecule has 0 aliphatic heterocycles. The van der Waals surface area contributed by atoms with Crippen LogP contribution in [-0.4, -0.2) is 26.8 Å². The fourth-order valence-electron chi connectivity index (χ4n) is 4.66. The van der Waals surface area contributed by atoms with Gasteiger partial charge in [-0.05, 0) is 58.3 Å². The molecule has 0 bridgehead atoms. The molecule has 1 aromatic heterocycles. The molecule has 0 aliphatic rings. The monoisotopic (exact) mass is 411 g/mol. The summed E-state index contributed by atoms with van der Waals surface area (Å²) >= 11 is 0. The molecular weight excluding hydrogens is 370 g/mol. The molecule has 1 heterocycles. The zero-order valence-electron chi connectivity index (χ0n) is 20.1. The molecule has 1 aromatic rings. The molecule has 0 radical (unpaired) electrons. The first-order valence-corrected chi connectivity index (χ1v) is 13.3. The van der Waals surface area contributed by atoms with Crippen molar-refractivity contribution in [1.29, 1.82) is 0 Å². The quantitative estimate of drug-likeness (QED) is 0.239. The normalized spacial score (nSPS) is 13.6. The van der Waals surface area contributed by atoms with E-state index in [-0.39, 0.29) is 0 Å². The fourth-order valence-corrected chi connectivity index (χ4v) is 9.90. The standard InChI is InChI=1S/C26H41NOSi/c1-10-24(14-16-29(20(3)4,21(5)6)22(7)8)26(11-2)25(19-28-9)17-23-13-12-15-27-18-23/h12-13,15,17-18,20-22H,10-11,19H2,1-9H3/b25-17+,26-24-. The van der Waals surface area contributed by atoms with Gasteiger partial charge in [-0.15, -0.1) is 5.54 Å². The predicted molar refractivity (Wildman–Crippen MR) is 131 cm³/mol. The third-order valence-electron chi connectivity index (χ3n) is 6.08. The van der Waals surface area contributed by atoms with E-state index in [2.05, 4.69) is 84.0 Å². The van der Waals surface area contributed by atoms with Crippen LogP contribution in [0.5, 0.6) is 0 Å². The lowest BCUT2D eigenvalue weighted by atomic mass is 9.95.